The fraction of sp³-hybridized carbons (Fsp3) is 0.118. The zero-order valence-corrected chi connectivity index (χ0v) is 26.2. The summed E-state index contributed by atoms with van der Waals surface area (Å²) in [5.74, 6) is -0.986. The molecular formula is C34H28N10O6. The van der Waals surface area contributed by atoms with Crippen molar-refractivity contribution in [3.8, 4) is 22.5 Å². The van der Waals surface area contributed by atoms with E-state index in [1.54, 1.807) is 82.7 Å². The summed E-state index contributed by atoms with van der Waals surface area (Å²) in [4.78, 5) is 56.3. The van der Waals surface area contributed by atoms with E-state index in [0.717, 1.165) is 11.1 Å². The SMILES string of the molecule is O=C(Nc1cccc([N+](=O)[O-])c1)c1cc(-c2ccncc2)nn1CCCCn1nc(-c2ccncc2)cc1C(=O)Nc1cccc([N+](=O)[O-])c1. The molecule has 0 bridgehead atoms. The van der Waals surface area contributed by atoms with Gasteiger partial charge in [0.15, 0.2) is 0 Å². The third kappa shape index (κ3) is 7.71. The summed E-state index contributed by atoms with van der Waals surface area (Å²) in [6, 6.07) is 21.7. The molecule has 250 valence electrons. The van der Waals surface area contributed by atoms with Gasteiger partial charge in [-0.1, -0.05) is 12.1 Å². The third-order valence-corrected chi connectivity index (χ3v) is 7.60. The zero-order chi connectivity index (χ0) is 35.0. The summed E-state index contributed by atoms with van der Waals surface area (Å²) in [6.45, 7) is 0.660. The molecule has 0 aliphatic heterocycles. The van der Waals surface area contributed by atoms with E-state index in [-0.39, 0.29) is 34.1 Å². The fourth-order valence-corrected chi connectivity index (χ4v) is 5.18. The highest BCUT2D eigenvalue weighted by molar-refractivity contribution is 6.04. The number of aromatic nitrogens is 6. The lowest BCUT2D eigenvalue weighted by atomic mass is 10.2. The van der Waals surface area contributed by atoms with Crippen LogP contribution in [-0.2, 0) is 13.1 Å². The third-order valence-electron chi connectivity index (χ3n) is 7.60. The molecule has 0 spiro atoms. The van der Waals surface area contributed by atoms with Crippen molar-refractivity contribution < 1.29 is 19.4 Å². The molecule has 0 unspecified atom stereocenters. The van der Waals surface area contributed by atoms with Crippen LogP contribution in [0, 0.1) is 20.2 Å². The van der Waals surface area contributed by atoms with E-state index in [0.29, 0.717) is 37.3 Å². The first kappa shape index (κ1) is 32.8. The van der Waals surface area contributed by atoms with Gasteiger partial charge < -0.3 is 10.6 Å². The van der Waals surface area contributed by atoms with Crippen LogP contribution in [0.1, 0.15) is 33.8 Å². The second kappa shape index (κ2) is 14.8. The van der Waals surface area contributed by atoms with Gasteiger partial charge in [0.05, 0.1) is 21.2 Å². The Labute approximate surface area is 283 Å². The number of hydrogen-bond donors (Lipinski definition) is 2. The lowest BCUT2D eigenvalue weighted by Crippen LogP contribution is -2.19. The average molecular weight is 673 g/mol. The number of unbranched alkanes of at least 4 members (excludes halogenated alkanes) is 1. The average Bonchev–Trinajstić information content (AvgIpc) is 3.76. The van der Waals surface area contributed by atoms with Crippen molar-refractivity contribution in [3.63, 3.8) is 0 Å². The maximum atomic E-state index is 13.4. The number of non-ortho nitro benzene ring substituents is 2. The van der Waals surface area contributed by atoms with Crippen molar-refractivity contribution in [2.75, 3.05) is 10.6 Å². The molecule has 0 aliphatic carbocycles. The molecule has 0 saturated heterocycles. The van der Waals surface area contributed by atoms with Gasteiger partial charge in [-0.15, -0.1) is 0 Å². The summed E-state index contributed by atoms with van der Waals surface area (Å²) in [6.07, 6.45) is 7.54. The van der Waals surface area contributed by atoms with Gasteiger partial charge >= 0.3 is 0 Å². The maximum Gasteiger partial charge on any atom is 0.273 e. The van der Waals surface area contributed by atoms with Gasteiger partial charge in [0.2, 0.25) is 0 Å². The Kier molecular flexibility index (Phi) is 9.69. The molecule has 16 heteroatoms. The van der Waals surface area contributed by atoms with E-state index >= 15 is 0 Å². The van der Waals surface area contributed by atoms with Crippen molar-refractivity contribution >= 4 is 34.6 Å². The van der Waals surface area contributed by atoms with Crippen LogP contribution in [0.5, 0.6) is 0 Å². The van der Waals surface area contributed by atoms with Crippen molar-refractivity contribution in [2.24, 2.45) is 0 Å². The molecule has 2 N–H and O–H groups in total. The largest absolute Gasteiger partial charge is 0.320 e. The summed E-state index contributed by atoms with van der Waals surface area (Å²) in [5.41, 5.74) is 3.32. The van der Waals surface area contributed by atoms with Crippen LogP contribution in [0.4, 0.5) is 22.7 Å². The number of nitro benzene ring substituents is 2. The highest BCUT2D eigenvalue weighted by Crippen LogP contribution is 2.24. The van der Waals surface area contributed by atoms with Crippen LogP contribution in [0.3, 0.4) is 0 Å². The standard InChI is InChI=1S/C34H28N10O6/c45-33(37-25-5-3-7-27(19-25)43(47)48)31-21-29(23-9-13-35-14-10-23)39-41(31)17-1-2-18-42-32(22-30(40-42)24-11-15-36-16-12-24)34(46)38-26-6-4-8-28(20-26)44(49)50/h3-16,19-22H,1-2,17-18H2,(H,37,45)(H,38,46). The van der Waals surface area contributed by atoms with Crippen molar-refractivity contribution in [2.45, 2.75) is 25.9 Å². The Balaban J connectivity index is 1.20. The molecule has 2 aromatic carbocycles. The number of carbonyl (C=O) groups is 2. The first-order valence-corrected chi connectivity index (χ1v) is 15.3. The number of anilines is 2. The molecule has 50 heavy (non-hydrogen) atoms. The molecule has 0 fully saturated rings. The quantitative estimate of drug-likeness (QED) is 0.0830. The van der Waals surface area contributed by atoms with Crippen LogP contribution in [0.15, 0.2) is 110 Å². The van der Waals surface area contributed by atoms with E-state index in [1.807, 2.05) is 0 Å². The molecule has 0 saturated carbocycles. The normalized spacial score (nSPS) is 10.8. The minimum Gasteiger partial charge on any atom is -0.320 e. The van der Waals surface area contributed by atoms with E-state index in [1.165, 1.54) is 36.4 Å². The van der Waals surface area contributed by atoms with Crippen molar-refractivity contribution in [1.29, 1.82) is 0 Å². The van der Waals surface area contributed by atoms with E-state index in [2.05, 4.69) is 30.8 Å². The lowest BCUT2D eigenvalue weighted by Gasteiger charge is -2.10. The van der Waals surface area contributed by atoms with Gasteiger partial charge in [0, 0.05) is 84.6 Å². The Bertz CT molecular complexity index is 2030. The maximum absolute atomic E-state index is 13.4. The second-order valence-corrected chi connectivity index (χ2v) is 11.0. The molecule has 16 nitrogen and oxygen atoms in total. The molecule has 2 amide bonds. The summed E-state index contributed by atoms with van der Waals surface area (Å²) in [5, 5.41) is 37.3. The monoisotopic (exact) mass is 672 g/mol. The van der Waals surface area contributed by atoms with Crippen LogP contribution in [0.25, 0.3) is 22.5 Å². The zero-order valence-electron chi connectivity index (χ0n) is 26.2. The van der Waals surface area contributed by atoms with E-state index in [4.69, 9.17) is 0 Å². The molecule has 6 rings (SSSR count). The summed E-state index contributed by atoms with van der Waals surface area (Å²) < 4.78 is 3.15. The topological polar surface area (TPSA) is 206 Å². The van der Waals surface area contributed by atoms with Crippen molar-refractivity contribution in [3.05, 3.63) is 141 Å². The highest BCUT2D eigenvalue weighted by atomic mass is 16.6. The van der Waals surface area contributed by atoms with E-state index < -0.39 is 21.7 Å². The molecule has 4 aromatic heterocycles. The Morgan fingerprint density at radius 1 is 0.600 bits per heavy atom. The Morgan fingerprint density at radius 2 is 1.00 bits per heavy atom. The Morgan fingerprint density at radius 3 is 1.38 bits per heavy atom. The molecule has 0 aliphatic rings. The smallest absolute Gasteiger partial charge is 0.273 e. The number of carbonyl (C=O) groups excluding carboxylic acids is 2. The molecule has 6 aromatic rings. The number of aryl methyl sites for hydroxylation is 2. The number of hydrogen-bond acceptors (Lipinski definition) is 10. The molecule has 0 atom stereocenters. The second-order valence-electron chi connectivity index (χ2n) is 11.0. The number of rotatable bonds is 13. The van der Waals surface area contributed by atoms with Crippen LogP contribution in [0.2, 0.25) is 0 Å². The minimum atomic E-state index is -0.538. The Hall–Kier alpha value is -7.10. The van der Waals surface area contributed by atoms with Crippen molar-refractivity contribution in [1.82, 2.24) is 29.5 Å². The van der Waals surface area contributed by atoms with Gasteiger partial charge in [-0.2, -0.15) is 10.2 Å². The number of nitrogens with zero attached hydrogens (tertiary/aromatic N) is 8. The molecule has 0 radical (unpaired) electrons. The van der Waals surface area contributed by atoms with Gasteiger partial charge in [-0.25, -0.2) is 0 Å². The van der Waals surface area contributed by atoms with Crippen LogP contribution >= 0.6 is 0 Å². The minimum absolute atomic E-state index is 0.155. The van der Waals surface area contributed by atoms with Crippen LogP contribution in [-0.4, -0.2) is 51.2 Å². The first-order chi connectivity index (χ1) is 24.2. The highest BCUT2D eigenvalue weighted by Gasteiger charge is 2.20. The molecular weight excluding hydrogens is 644 g/mol. The van der Waals surface area contributed by atoms with Gasteiger partial charge in [-0.05, 0) is 61.4 Å². The predicted octanol–water partition coefficient (Wildman–Crippen LogP) is 6.01. The lowest BCUT2D eigenvalue weighted by molar-refractivity contribution is -0.385. The number of amides is 2. The fourth-order valence-electron chi connectivity index (χ4n) is 5.18. The van der Waals surface area contributed by atoms with Gasteiger partial charge in [-0.3, -0.25) is 49.1 Å². The number of benzene rings is 2. The number of nitrogens with one attached hydrogen (secondary N) is 2. The van der Waals surface area contributed by atoms with Crippen LogP contribution < -0.4 is 10.6 Å². The number of nitro groups is 2. The van der Waals surface area contributed by atoms with E-state index in [9.17, 15) is 29.8 Å². The predicted molar refractivity (Wildman–Crippen MR) is 182 cm³/mol. The van der Waals surface area contributed by atoms with Gasteiger partial charge in [0.25, 0.3) is 23.2 Å². The molecule has 4 heterocycles. The van der Waals surface area contributed by atoms with Gasteiger partial charge in [0.1, 0.15) is 11.4 Å². The summed E-state index contributed by atoms with van der Waals surface area (Å²) in [7, 11) is 0. The number of pyridine rings is 2. The first-order valence-electron chi connectivity index (χ1n) is 15.3. The summed E-state index contributed by atoms with van der Waals surface area (Å²) >= 11 is 0.